The van der Waals surface area contributed by atoms with E-state index in [1.807, 2.05) is 20.8 Å². The number of piperidine rings is 1. The van der Waals surface area contributed by atoms with Gasteiger partial charge in [0.15, 0.2) is 0 Å². The summed E-state index contributed by atoms with van der Waals surface area (Å²) in [6.45, 7) is 13.3. The average molecular weight is 467 g/mol. The number of hydrogen-bond donors (Lipinski definition) is 3. The molecule has 10 nitrogen and oxygen atoms in total. The molecule has 33 heavy (non-hydrogen) atoms. The molecule has 0 aromatic rings. The minimum atomic E-state index is -1.11. The molecule has 5 atom stereocenters. The number of primary amides is 1. The van der Waals surface area contributed by atoms with Gasteiger partial charge < -0.3 is 26.0 Å². The zero-order chi connectivity index (χ0) is 25.2. The van der Waals surface area contributed by atoms with Crippen LogP contribution in [0.25, 0.3) is 0 Å². The maximum Gasteiger partial charge on any atom is 0.408 e. The number of rotatable bonds is 10. The lowest BCUT2D eigenvalue weighted by Gasteiger charge is -2.34. The zero-order valence-corrected chi connectivity index (χ0v) is 20.6. The minimum Gasteiger partial charge on any atom is -0.447 e. The number of Topliss-reactive ketones (excluding diaryl/α,β-unsaturated/α-hetero) is 1. The standard InChI is InChI=1S/C23H38N4O6/c1-8-9-14(18(28)19(24)29)25-20(30)17-15-13(23(15,6)7)10-27(17)21(31)16(11(2)3)26-22(32)33-12(4)5/h11-17H,8-10H2,1-7H3,(H2,24,29)(H,25,30)(H,26,32). The van der Waals surface area contributed by atoms with Crippen LogP contribution in [0, 0.1) is 23.2 Å². The van der Waals surface area contributed by atoms with Gasteiger partial charge in [-0.25, -0.2) is 4.79 Å². The number of ketones is 1. The van der Waals surface area contributed by atoms with E-state index in [2.05, 4.69) is 10.6 Å². The summed E-state index contributed by atoms with van der Waals surface area (Å²) in [6.07, 6.45) is -0.211. The molecule has 186 valence electrons. The molecule has 0 spiro atoms. The summed E-state index contributed by atoms with van der Waals surface area (Å²) in [5.41, 5.74) is 5.01. The molecule has 0 radical (unpaired) electrons. The van der Waals surface area contributed by atoms with Crippen molar-refractivity contribution in [1.29, 1.82) is 0 Å². The summed E-state index contributed by atoms with van der Waals surface area (Å²) in [5, 5.41) is 5.29. The number of amides is 4. The van der Waals surface area contributed by atoms with Crippen LogP contribution in [0.5, 0.6) is 0 Å². The summed E-state index contributed by atoms with van der Waals surface area (Å²) < 4.78 is 5.13. The molecule has 1 aliphatic carbocycles. The monoisotopic (exact) mass is 466 g/mol. The first-order valence-corrected chi connectivity index (χ1v) is 11.7. The Balaban J connectivity index is 2.26. The Labute approximate surface area is 195 Å². The normalized spacial score (nSPS) is 24.6. The largest absolute Gasteiger partial charge is 0.447 e. The van der Waals surface area contributed by atoms with Crippen LogP contribution in [0.2, 0.25) is 0 Å². The molecule has 1 saturated heterocycles. The molecular weight excluding hydrogens is 428 g/mol. The second-order valence-electron chi connectivity index (χ2n) is 10.3. The van der Waals surface area contributed by atoms with Gasteiger partial charge in [-0.15, -0.1) is 0 Å². The molecule has 1 saturated carbocycles. The second kappa shape index (κ2) is 10.1. The highest BCUT2D eigenvalue weighted by Gasteiger charge is 2.69. The molecule has 10 heteroatoms. The molecule has 4 N–H and O–H groups in total. The van der Waals surface area contributed by atoms with Crippen molar-refractivity contribution < 1.29 is 28.7 Å². The average Bonchev–Trinajstić information content (AvgIpc) is 3.04. The van der Waals surface area contributed by atoms with E-state index in [9.17, 15) is 24.0 Å². The van der Waals surface area contributed by atoms with Gasteiger partial charge in [0, 0.05) is 6.54 Å². The third kappa shape index (κ3) is 5.65. The van der Waals surface area contributed by atoms with Crippen molar-refractivity contribution in [2.45, 2.75) is 85.5 Å². The highest BCUT2D eigenvalue weighted by atomic mass is 16.6. The number of alkyl carbamates (subject to hydrolysis) is 1. The summed E-state index contributed by atoms with van der Waals surface area (Å²) in [4.78, 5) is 64.1. The fraction of sp³-hybridized carbons (Fsp3) is 0.783. The number of likely N-dealkylation sites (tertiary alicyclic amines) is 1. The lowest BCUT2D eigenvalue weighted by atomic mass is 9.97. The first-order chi connectivity index (χ1) is 15.2. The Morgan fingerprint density at radius 1 is 1.09 bits per heavy atom. The summed E-state index contributed by atoms with van der Waals surface area (Å²) in [6, 6.07) is -2.70. The van der Waals surface area contributed by atoms with Crippen molar-refractivity contribution in [2.24, 2.45) is 28.9 Å². The molecule has 2 rings (SSSR count). The zero-order valence-electron chi connectivity index (χ0n) is 20.6. The van der Waals surface area contributed by atoms with E-state index in [-0.39, 0.29) is 41.6 Å². The van der Waals surface area contributed by atoms with Crippen LogP contribution < -0.4 is 16.4 Å². The second-order valence-corrected chi connectivity index (χ2v) is 10.3. The molecule has 0 aromatic heterocycles. The van der Waals surface area contributed by atoms with Crippen molar-refractivity contribution in [3.05, 3.63) is 0 Å². The van der Waals surface area contributed by atoms with E-state index >= 15 is 0 Å². The first-order valence-electron chi connectivity index (χ1n) is 11.7. The van der Waals surface area contributed by atoms with E-state index in [0.29, 0.717) is 13.0 Å². The smallest absolute Gasteiger partial charge is 0.408 e. The Morgan fingerprint density at radius 3 is 2.18 bits per heavy atom. The fourth-order valence-corrected chi connectivity index (χ4v) is 4.87. The predicted octanol–water partition coefficient (Wildman–Crippen LogP) is 0.968. The molecule has 0 bridgehead atoms. The van der Waals surface area contributed by atoms with Gasteiger partial charge in [-0.3, -0.25) is 19.2 Å². The van der Waals surface area contributed by atoms with Gasteiger partial charge in [0.1, 0.15) is 12.1 Å². The van der Waals surface area contributed by atoms with E-state index in [1.165, 1.54) is 4.90 Å². The van der Waals surface area contributed by atoms with Gasteiger partial charge in [-0.05, 0) is 43.4 Å². The van der Waals surface area contributed by atoms with E-state index in [0.717, 1.165) is 0 Å². The SMILES string of the molecule is CCCC(NC(=O)C1C2C(CN1C(=O)C(NC(=O)OC(C)C)C(C)C)C2(C)C)C(=O)C(N)=O. The van der Waals surface area contributed by atoms with Crippen molar-refractivity contribution in [1.82, 2.24) is 15.5 Å². The molecule has 1 aliphatic heterocycles. The lowest BCUT2D eigenvalue weighted by molar-refractivity contribution is -0.144. The van der Waals surface area contributed by atoms with Crippen molar-refractivity contribution in [3.63, 3.8) is 0 Å². The Kier molecular flexibility index (Phi) is 8.13. The van der Waals surface area contributed by atoms with Gasteiger partial charge >= 0.3 is 6.09 Å². The summed E-state index contributed by atoms with van der Waals surface area (Å²) in [7, 11) is 0. The van der Waals surface area contributed by atoms with E-state index in [4.69, 9.17) is 10.5 Å². The fourth-order valence-electron chi connectivity index (χ4n) is 4.87. The quantitative estimate of drug-likeness (QED) is 0.409. The number of ether oxygens (including phenoxy) is 1. The molecule has 4 amide bonds. The topological polar surface area (TPSA) is 148 Å². The number of carbonyl (C=O) groups is 5. The van der Waals surface area contributed by atoms with Gasteiger partial charge in [0.25, 0.3) is 5.91 Å². The van der Waals surface area contributed by atoms with Gasteiger partial charge in [0.05, 0.1) is 12.1 Å². The Bertz CT molecular complexity index is 809. The van der Waals surface area contributed by atoms with Crippen molar-refractivity contribution in [2.75, 3.05) is 6.54 Å². The lowest BCUT2D eigenvalue weighted by Crippen LogP contribution is -2.59. The third-order valence-corrected chi connectivity index (χ3v) is 6.76. The Morgan fingerprint density at radius 2 is 1.70 bits per heavy atom. The number of nitrogens with one attached hydrogen (secondary N) is 2. The third-order valence-electron chi connectivity index (χ3n) is 6.76. The number of nitrogens with two attached hydrogens (primary N) is 1. The van der Waals surface area contributed by atoms with Crippen LogP contribution >= 0.6 is 0 Å². The number of hydrogen-bond acceptors (Lipinski definition) is 6. The number of carbonyl (C=O) groups excluding carboxylic acids is 5. The molecule has 2 aliphatic rings. The predicted molar refractivity (Wildman–Crippen MR) is 121 cm³/mol. The highest BCUT2D eigenvalue weighted by Crippen LogP contribution is 2.64. The Hall–Kier alpha value is -2.65. The molecule has 2 fully saturated rings. The van der Waals surface area contributed by atoms with Crippen molar-refractivity contribution >= 4 is 29.6 Å². The minimum absolute atomic E-state index is 0.0807. The highest BCUT2D eigenvalue weighted by molar-refractivity contribution is 6.37. The van der Waals surface area contributed by atoms with Crippen LogP contribution in [0.1, 0.15) is 61.3 Å². The van der Waals surface area contributed by atoms with Gasteiger partial charge in [0.2, 0.25) is 17.6 Å². The van der Waals surface area contributed by atoms with Crippen molar-refractivity contribution in [3.8, 4) is 0 Å². The molecular formula is C23H38N4O6. The van der Waals surface area contributed by atoms with E-state index < -0.39 is 41.8 Å². The molecule has 5 unspecified atom stereocenters. The van der Waals surface area contributed by atoms with E-state index in [1.54, 1.807) is 27.7 Å². The van der Waals surface area contributed by atoms with Crippen LogP contribution in [0.3, 0.4) is 0 Å². The van der Waals surface area contributed by atoms with Crippen LogP contribution in [-0.4, -0.2) is 65.3 Å². The molecule has 0 aromatic carbocycles. The van der Waals surface area contributed by atoms with Crippen LogP contribution in [-0.2, 0) is 23.9 Å². The van der Waals surface area contributed by atoms with Crippen LogP contribution in [0.15, 0.2) is 0 Å². The maximum absolute atomic E-state index is 13.5. The number of nitrogens with zero attached hydrogens (tertiary/aromatic N) is 1. The summed E-state index contributed by atoms with van der Waals surface area (Å²) in [5.74, 6) is -3.01. The first kappa shape index (κ1) is 26.6. The summed E-state index contributed by atoms with van der Waals surface area (Å²) >= 11 is 0. The molecule has 1 heterocycles. The maximum atomic E-state index is 13.5. The van der Waals surface area contributed by atoms with Crippen LogP contribution in [0.4, 0.5) is 4.79 Å². The van der Waals surface area contributed by atoms with Gasteiger partial charge in [-0.1, -0.05) is 41.0 Å². The number of fused-ring (bicyclic) bond motifs is 1. The van der Waals surface area contributed by atoms with Gasteiger partial charge in [-0.2, -0.15) is 0 Å².